The molecule has 0 spiro atoms. The Labute approximate surface area is 200 Å². The first kappa shape index (κ1) is 24.2. The highest BCUT2D eigenvalue weighted by molar-refractivity contribution is 6.15. The number of ether oxygens (including phenoxy) is 1. The molecule has 0 saturated carbocycles. The fourth-order valence-corrected chi connectivity index (χ4v) is 3.61. The number of nitrogens with one attached hydrogen (secondary N) is 2. The molecular weight excluding hydrogens is 459 g/mol. The van der Waals surface area contributed by atoms with Gasteiger partial charge in [0.15, 0.2) is 0 Å². The van der Waals surface area contributed by atoms with Crippen LogP contribution in [0, 0.1) is 0 Å². The van der Waals surface area contributed by atoms with Crippen molar-refractivity contribution >= 4 is 23.1 Å². The maximum absolute atomic E-state index is 12.8. The summed E-state index contributed by atoms with van der Waals surface area (Å²) in [5, 5.41) is 6.37. The molecule has 7 nitrogen and oxygen atoms in total. The minimum Gasteiger partial charge on any atom is -0.406 e. The molecule has 4 rings (SSSR count). The monoisotopic (exact) mass is 483 g/mol. The average molecular weight is 483 g/mol. The lowest BCUT2D eigenvalue weighted by atomic mass is 10.0. The van der Waals surface area contributed by atoms with E-state index in [1.54, 1.807) is 6.20 Å². The standard InChI is InChI=1S/C25H24F3N5O2/c1-16-21(18-5-3-17(4-6-18)14-30-12-2-11-29)15-33-23(34)13-22(32-24(33)31-16)19-7-9-20(10-8-19)35-25(26,27)28/h3-10,13,15,30H,1-2,11-12,14,29H2,(H,31,32). The van der Waals surface area contributed by atoms with E-state index in [0.29, 0.717) is 29.1 Å². The number of nitrogens with zero attached hydrogens (tertiary/aromatic N) is 2. The number of hydrogen-bond donors (Lipinski definition) is 3. The second kappa shape index (κ2) is 10.2. The molecule has 0 aromatic heterocycles. The van der Waals surface area contributed by atoms with E-state index in [2.05, 4.69) is 26.9 Å². The average Bonchev–Trinajstić information content (AvgIpc) is 2.81. The van der Waals surface area contributed by atoms with Crippen LogP contribution in [0.3, 0.4) is 0 Å². The zero-order valence-electron chi connectivity index (χ0n) is 18.7. The first-order chi connectivity index (χ1) is 16.7. The van der Waals surface area contributed by atoms with Gasteiger partial charge in [-0.05, 0) is 60.5 Å². The molecule has 0 atom stereocenters. The van der Waals surface area contributed by atoms with Crippen molar-refractivity contribution in [1.29, 1.82) is 0 Å². The zero-order valence-corrected chi connectivity index (χ0v) is 18.7. The highest BCUT2D eigenvalue weighted by Gasteiger charge is 2.31. The topological polar surface area (TPSA) is 92.0 Å². The van der Waals surface area contributed by atoms with E-state index in [9.17, 15) is 18.0 Å². The van der Waals surface area contributed by atoms with E-state index >= 15 is 0 Å². The Hall–Kier alpha value is -3.89. The second-order valence-electron chi connectivity index (χ2n) is 7.90. The van der Waals surface area contributed by atoms with Gasteiger partial charge in [-0.15, -0.1) is 13.2 Å². The molecule has 2 aromatic rings. The summed E-state index contributed by atoms with van der Waals surface area (Å²) in [7, 11) is 0. The van der Waals surface area contributed by atoms with Gasteiger partial charge in [0, 0.05) is 24.4 Å². The van der Waals surface area contributed by atoms with Gasteiger partial charge in [0.25, 0.3) is 5.91 Å². The normalized spacial score (nSPS) is 15.7. The van der Waals surface area contributed by atoms with Crippen molar-refractivity contribution in [2.45, 2.75) is 19.3 Å². The third-order valence-corrected chi connectivity index (χ3v) is 5.34. The van der Waals surface area contributed by atoms with Crippen LogP contribution in [0.25, 0.3) is 11.3 Å². The maximum atomic E-state index is 12.8. The lowest BCUT2D eigenvalue weighted by molar-refractivity contribution is -0.274. The van der Waals surface area contributed by atoms with Crippen molar-refractivity contribution in [3.63, 3.8) is 0 Å². The molecule has 1 amide bonds. The van der Waals surface area contributed by atoms with Gasteiger partial charge in [0.05, 0.1) is 11.4 Å². The molecule has 0 saturated heterocycles. The van der Waals surface area contributed by atoms with Crippen LogP contribution in [0.15, 0.2) is 78.1 Å². The van der Waals surface area contributed by atoms with Crippen LogP contribution < -0.4 is 21.1 Å². The second-order valence-corrected chi connectivity index (χ2v) is 7.90. The van der Waals surface area contributed by atoms with E-state index in [1.807, 2.05) is 24.3 Å². The van der Waals surface area contributed by atoms with Gasteiger partial charge in [-0.2, -0.15) is 0 Å². The molecule has 0 aliphatic carbocycles. The van der Waals surface area contributed by atoms with Crippen LogP contribution in [0.5, 0.6) is 5.75 Å². The number of carbonyl (C=O) groups is 1. The highest BCUT2D eigenvalue weighted by Crippen LogP contribution is 2.30. The maximum Gasteiger partial charge on any atom is 0.573 e. The number of fused-ring (bicyclic) bond motifs is 1. The van der Waals surface area contributed by atoms with Crippen molar-refractivity contribution in [2.24, 2.45) is 10.7 Å². The Morgan fingerprint density at radius 2 is 1.77 bits per heavy atom. The first-order valence-electron chi connectivity index (χ1n) is 10.9. The van der Waals surface area contributed by atoms with Gasteiger partial charge in [-0.25, -0.2) is 4.99 Å². The van der Waals surface area contributed by atoms with E-state index in [0.717, 1.165) is 30.6 Å². The molecule has 0 unspecified atom stereocenters. The van der Waals surface area contributed by atoms with Crippen molar-refractivity contribution < 1.29 is 22.7 Å². The van der Waals surface area contributed by atoms with Crippen LogP contribution >= 0.6 is 0 Å². The van der Waals surface area contributed by atoms with Crippen LogP contribution in [0.2, 0.25) is 0 Å². The SMILES string of the molecule is C=C1N=C2NC(c3ccc(OC(F)(F)F)cc3)=CC(=O)N2C=C1c1ccc(CNCCCN)cc1. The summed E-state index contributed by atoms with van der Waals surface area (Å²) in [4.78, 5) is 18.7. The lowest BCUT2D eigenvalue weighted by Crippen LogP contribution is -2.45. The van der Waals surface area contributed by atoms with Crippen molar-refractivity contribution in [2.75, 3.05) is 13.1 Å². The number of allylic oxidation sites excluding steroid dienone is 1. The first-order valence-corrected chi connectivity index (χ1v) is 10.9. The Bertz CT molecular complexity index is 1200. The van der Waals surface area contributed by atoms with Gasteiger partial charge < -0.3 is 21.1 Å². The Morgan fingerprint density at radius 1 is 1.09 bits per heavy atom. The number of alkyl halides is 3. The highest BCUT2D eigenvalue weighted by atomic mass is 19.4. The number of carbonyl (C=O) groups excluding carboxylic acids is 1. The summed E-state index contributed by atoms with van der Waals surface area (Å²) < 4.78 is 41.1. The van der Waals surface area contributed by atoms with Crippen molar-refractivity contribution in [3.05, 3.63) is 89.8 Å². The summed E-state index contributed by atoms with van der Waals surface area (Å²) in [5.74, 6) is -0.435. The molecule has 2 aliphatic heterocycles. The number of nitrogens with two attached hydrogens (primary N) is 1. The molecule has 2 heterocycles. The molecule has 0 fully saturated rings. The summed E-state index contributed by atoms with van der Waals surface area (Å²) in [6, 6.07) is 13.1. The minimum atomic E-state index is -4.77. The molecule has 2 aromatic carbocycles. The molecule has 182 valence electrons. The van der Waals surface area contributed by atoms with E-state index in [1.165, 1.54) is 35.2 Å². The predicted octanol–water partition coefficient (Wildman–Crippen LogP) is 3.72. The smallest absolute Gasteiger partial charge is 0.406 e. The van der Waals surface area contributed by atoms with Gasteiger partial charge in [-0.1, -0.05) is 30.8 Å². The Kier molecular flexibility index (Phi) is 7.04. The quantitative estimate of drug-likeness (QED) is 0.498. The number of rotatable bonds is 8. The molecular formula is C25H24F3N5O2. The summed E-state index contributed by atoms with van der Waals surface area (Å²) in [5.41, 5.74) is 9.57. The Morgan fingerprint density at radius 3 is 2.43 bits per heavy atom. The fourth-order valence-electron chi connectivity index (χ4n) is 3.61. The minimum absolute atomic E-state index is 0.262. The van der Waals surface area contributed by atoms with E-state index in [-0.39, 0.29) is 17.6 Å². The van der Waals surface area contributed by atoms with E-state index < -0.39 is 6.36 Å². The van der Waals surface area contributed by atoms with Gasteiger partial charge in [0.2, 0.25) is 5.96 Å². The number of guanidine groups is 1. The molecule has 0 bridgehead atoms. The van der Waals surface area contributed by atoms with Crippen molar-refractivity contribution in [1.82, 2.24) is 15.5 Å². The van der Waals surface area contributed by atoms with Crippen LogP contribution in [0.4, 0.5) is 13.2 Å². The zero-order chi connectivity index (χ0) is 25.0. The number of halogens is 3. The molecule has 4 N–H and O–H groups in total. The van der Waals surface area contributed by atoms with Gasteiger partial charge >= 0.3 is 6.36 Å². The van der Waals surface area contributed by atoms with Gasteiger partial charge in [0.1, 0.15) is 5.75 Å². The number of benzene rings is 2. The largest absolute Gasteiger partial charge is 0.573 e. The number of hydrogen-bond acceptors (Lipinski definition) is 6. The third kappa shape index (κ3) is 5.97. The van der Waals surface area contributed by atoms with Crippen LogP contribution in [0.1, 0.15) is 23.1 Å². The van der Waals surface area contributed by atoms with Crippen LogP contribution in [-0.2, 0) is 11.3 Å². The summed E-state index contributed by atoms with van der Waals surface area (Å²) in [6.45, 7) is 6.25. The molecule has 10 heteroatoms. The molecule has 35 heavy (non-hydrogen) atoms. The number of aliphatic imine (C=N–C) groups is 1. The van der Waals surface area contributed by atoms with Crippen molar-refractivity contribution in [3.8, 4) is 5.75 Å². The third-order valence-electron chi connectivity index (χ3n) is 5.34. The lowest BCUT2D eigenvalue weighted by Gasteiger charge is -2.30. The Balaban J connectivity index is 1.48. The van der Waals surface area contributed by atoms with E-state index in [4.69, 9.17) is 5.73 Å². The summed E-state index contributed by atoms with van der Waals surface area (Å²) in [6.07, 6.45) is -0.834. The predicted molar refractivity (Wildman–Crippen MR) is 127 cm³/mol. The fraction of sp³-hybridized carbons (Fsp3) is 0.200. The molecule has 2 aliphatic rings. The summed E-state index contributed by atoms with van der Waals surface area (Å²) >= 11 is 0. The molecule has 0 radical (unpaired) electrons. The number of amides is 1. The van der Waals surface area contributed by atoms with Gasteiger partial charge in [-0.3, -0.25) is 9.69 Å². The van der Waals surface area contributed by atoms with Crippen LogP contribution in [-0.4, -0.2) is 36.2 Å².